The zero-order valence-corrected chi connectivity index (χ0v) is 12.6. The summed E-state index contributed by atoms with van der Waals surface area (Å²) in [5.74, 6) is -0.242. The van der Waals surface area contributed by atoms with Crippen molar-refractivity contribution >= 4 is 23.3 Å². The van der Waals surface area contributed by atoms with Gasteiger partial charge in [0, 0.05) is 22.8 Å². The van der Waals surface area contributed by atoms with Gasteiger partial charge in [-0.1, -0.05) is 23.7 Å². The highest BCUT2D eigenvalue weighted by Crippen LogP contribution is 2.28. The molecule has 21 heavy (non-hydrogen) atoms. The van der Waals surface area contributed by atoms with Crippen molar-refractivity contribution < 1.29 is 14.6 Å². The van der Waals surface area contributed by atoms with E-state index in [9.17, 15) is 4.79 Å². The predicted molar refractivity (Wildman–Crippen MR) is 83.5 cm³/mol. The molecule has 0 aliphatic carbocycles. The van der Waals surface area contributed by atoms with Crippen LogP contribution in [-0.2, 0) is 6.54 Å². The summed E-state index contributed by atoms with van der Waals surface area (Å²) in [6.45, 7) is 2.22. The van der Waals surface area contributed by atoms with Crippen LogP contribution < -0.4 is 10.1 Å². The van der Waals surface area contributed by atoms with Crippen molar-refractivity contribution in [2.75, 3.05) is 12.4 Å². The maximum absolute atomic E-state index is 11.1. The maximum atomic E-state index is 11.1. The van der Waals surface area contributed by atoms with Crippen molar-refractivity contribution in [3.63, 3.8) is 0 Å². The summed E-state index contributed by atoms with van der Waals surface area (Å²) >= 11 is 6.18. The second-order valence-corrected chi connectivity index (χ2v) is 4.96. The fourth-order valence-electron chi connectivity index (χ4n) is 2.14. The van der Waals surface area contributed by atoms with Crippen molar-refractivity contribution in [1.29, 1.82) is 0 Å². The minimum absolute atomic E-state index is 0.283. The third kappa shape index (κ3) is 3.28. The lowest BCUT2D eigenvalue weighted by Crippen LogP contribution is -2.07. The molecule has 0 atom stereocenters. The Morgan fingerprint density at radius 2 is 2.00 bits per heavy atom. The molecule has 0 saturated carbocycles. The Morgan fingerprint density at radius 1 is 1.29 bits per heavy atom. The van der Waals surface area contributed by atoms with E-state index in [4.69, 9.17) is 21.4 Å². The molecule has 2 aromatic carbocycles. The Labute approximate surface area is 128 Å². The van der Waals surface area contributed by atoms with Gasteiger partial charge in [0.05, 0.1) is 12.7 Å². The van der Waals surface area contributed by atoms with Crippen molar-refractivity contribution in [2.24, 2.45) is 0 Å². The molecule has 2 rings (SSSR count). The first kappa shape index (κ1) is 15.2. The van der Waals surface area contributed by atoms with Gasteiger partial charge in [0.15, 0.2) is 0 Å². The van der Waals surface area contributed by atoms with E-state index in [0.29, 0.717) is 22.9 Å². The molecule has 110 valence electrons. The van der Waals surface area contributed by atoms with Gasteiger partial charge in [-0.25, -0.2) is 4.79 Å². The minimum atomic E-state index is -0.938. The number of halogens is 1. The summed E-state index contributed by atoms with van der Waals surface area (Å²) in [6.07, 6.45) is 0. The fraction of sp³-hybridized carbons (Fsp3) is 0.188. The molecular weight excluding hydrogens is 290 g/mol. The largest absolute Gasteiger partial charge is 0.496 e. The highest BCUT2D eigenvalue weighted by atomic mass is 35.5. The van der Waals surface area contributed by atoms with Gasteiger partial charge < -0.3 is 15.2 Å². The third-order valence-corrected chi connectivity index (χ3v) is 3.67. The Hall–Kier alpha value is -2.20. The molecule has 0 amide bonds. The lowest BCUT2D eigenvalue weighted by atomic mass is 10.1. The number of carbonyl (C=O) groups is 1. The highest BCUT2D eigenvalue weighted by molar-refractivity contribution is 6.31. The number of benzene rings is 2. The number of nitrogens with one attached hydrogen (secondary N) is 1. The number of rotatable bonds is 5. The molecule has 0 fully saturated rings. The van der Waals surface area contributed by atoms with Gasteiger partial charge in [0.25, 0.3) is 0 Å². The zero-order chi connectivity index (χ0) is 15.4. The van der Waals surface area contributed by atoms with Crippen LogP contribution >= 0.6 is 11.6 Å². The molecule has 0 aliphatic rings. The highest BCUT2D eigenvalue weighted by Gasteiger charge is 2.11. The minimum Gasteiger partial charge on any atom is -0.496 e. The first-order chi connectivity index (χ1) is 10.0. The molecule has 0 aromatic heterocycles. The van der Waals surface area contributed by atoms with E-state index in [1.54, 1.807) is 32.2 Å². The predicted octanol–water partition coefficient (Wildman–Crippen LogP) is 3.97. The number of hydrogen-bond acceptors (Lipinski definition) is 3. The summed E-state index contributed by atoms with van der Waals surface area (Å²) in [5, 5.41) is 13.0. The fourth-order valence-corrected chi connectivity index (χ4v) is 2.38. The quantitative estimate of drug-likeness (QED) is 0.877. The molecule has 0 saturated heterocycles. The average molecular weight is 306 g/mol. The van der Waals surface area contributed by atoms with Crippen LogP contribution in [0, 0.1) is 6.92 Å². The third-order valence-electron chi connectivity index (χ3n) is 3.32. The van der Waals surface area contributed by atoms with E-state index in [1.807, 2.05) is 18.2 Å². The van der Waals surface area contributed by atoms with Crippen LogP contribution in [0.15, 0.2) is 36.4 Å². The second-order valence-electron chi connectivity index (χ2n) is 4.56. The van der Waals surface area contributed by atoms with Gasteiger partial charge in [-0.2, -0.15) is 0 Å². The summed E-state index contributed by atoms with van der Waals surface area (Å²) in [4.78, 5) is 11.1. The Balaban J connectivity index is 2.25. The van der Waals surface area contributed by atoms with Gasteiger partial charge in [0.1, 0.15) is 5.75 Å². The SMILES string of the molecule is COc1cccc(Cl)c1CNc1cccc(C(=O)O)c1C. The van der Waals surface area contributed by atoms with E-state index in [0.717, 1.165) is 11.3 Å². The van der Waals surface area contributed by atoms with Crippen LogP contribution in [0.4, 0.5) is 5.69 Å². The lowest BCUT2D eigenvalue weighted by molar-refractivity contribution is 0.0696. The molecule has 0 spiro atoms. The number of methoxy groups -OCH3 is 1. The first-order valence-corrected chi connectivity index (χ1v) is 6.80. The number of hydrogen-bond donors (Lipinski definition) is 2. The number of ether oxygens (including phenoxy) is 1. The number of carboxylic acids is 1. The molecule has 0 heterocycles. The number of carboxylic acid groups (broad SMARTS) is 1. The topological polar surface area (TPSA) is 58.6 Å². The molecule has 0 unspecified atom stereocenters. The van der Waals surface area contributed by atoms with Crippen molar-refractivity contribution in [3.05, 3.63) is 58.1 Å². The molecule has 0 bridgehead atoms. The van der Waals surface area contributed by atoms with Crippen molar-refractivity contribution in [2.45, 2.75) is 13.5 Å². The average Bonchev–Trinajstić information content (AvgIpc) is 2.46. The van der Waals surface area contributed by atoms with Crippen molar-refractivity contribution in [1.82, 2.24) is 0 Å². The lowest BCUT2D eigenvalue weighted by Gasteiger charge is -2.14. The summed E-state index contributed by atoms with van der Waals surface area (Å²) < 4.78 is 5.29. The van der Waals surface area contributed by atoms with Gasteiger partial charge in [0.2, 0.25) is 0 Å². The Kier molecular flexibility index (Phi) is 4.70. The second kappa shape index (κ2) is 6.50. The van der Waals surface area contributed by atoms with E-state index >= 15 is 0 Å². The normalized spacial score (nSPS) is 10.2. The van der Waals surface area contributed by atoms with E-state index in [2.05, 4.69) is 5.32 Å². The molecule has 0 radical (unpaired) electrons. The van der Waals surface area contributed by atoms with Crippen LogP contribution in [0.3, 0.4) is 0 Å². The number of aromatic carboxylic acids is 1. The summed E-state index contributed by atoms with van der Waals surface area (Å²) in [5.41, 5.74) is 2.57. The van der Waals surface area contributed by atoms with Crippen molar-refractivity contribution in [3.8, 4) is 5.75 Å². The molecule has 4 nitrogen and oxygen atoms in total. The van der Waals surface area contributed by atoms with E-state index < -0.39 is 5.97 Å². The van der Waals surface area contributed by atoms with Crippen LogP contribution in [0.25, 0.3) is 0 Å². The van der Waals surface area contributed by atoms with E-state index in [-0.39, 0.29) is 5.56 Å². The summed E-state index contributed by atoms with van der Waals surface area (Å²) in [6, 6.07) is 10.6. The standard InChI is InChI=1S/C16H16ClNO3/c1-10-11(16(19)20)5-3-7-14(10)18-9-12-13(17)6-4-8-15(12)21-2/h3-8,18H,9H2,1-2H3,(H,19,20). The molecule has 0 aliphatic heterocycles. The molecule has 2 N–H and O–H groups in total. The van der Waals surface area contributed by atoms with Crippen LogP contribution in [-0.4, -0.2) is 18.2 Å². The van der Waals surface area contributed by atoms with Crippen LogP contribution in [0.2, 0.25) is 5.02 Å². The first-order valence-electron chi connectivity index (χ1n) is 6.42. The van der Waals surface area contributed by atoms with Gasteiger partial charge in [-0.3, -0.25) is 0 Å². The smallest absolute Gasteiger partial charge is 0.336 e. The number of anilines is 1. The monoisotopic (exact) mass is 305 g/mol. The molecular formula is C16H16ClNO3. The molecule has 2 aromatic rings. The van der Waals surface area contributed by atoms with Crippen LogP contribution in [0.5, 0.6) is 5.75 Å². The van der Waals surface area contributed by atoms with Gasteiger partial charge in [-0.05, 0) is 36.8 Å². The summed E-state index contributed by atoms with van der Waals surface area (Å²) in [7, 11) is 1.59. The zero-order valence-electron chi connectivity index (χ0n) is 11.8. The Morgan fingerprint density at radius 3 is 2.67 bits per heavy atom. The van der Waals surface area contributed by atoms with Gasteiger partial charge >= 0.3 is 5.97 Å². The van der Waals surface area contributed by atoms with Gasteiger partial charge in [-0.15, -0.1) is 0 Å². The molecule has 5 heteroatoms. The van der Waals surface area contributed by atoms with E-state index in [1.165, 1.54) is 0 Å². The van der Waals surface area contributed by atoms with Crippen LogP contribution in [0.1, 0.15) is 21.5 Å². The maximum Gasteiger partial charge on any atom is 0.336 e. The Bertz CT molecular complexity index is 671.